The van der Waals surface area contributed by atoms with Crippen LogP contribution in [0.4, 0.5) is 0 Å². The molecule has 0 spiro atoms. The van der Waals surface area contributed by atoms with Gasteiger partial charge in [-0.05, 0) is 12.8 Å². The largest absolute Gasteiger partial charge is 0.472 e. The Kier molecular flexibility index (Phi) is 32.1. The molecule has 3 unspecified atom stereocenters. The van der Waals surface area contributed by atoms with Crippen molar-refractivity contribution in [2.45, 2.75) is 206 Å². The van der Waals surface area contributed by atoms with Crippen LogP contribution in [-0.4, -0.2) is 73.4 Å². The molecule has 0 rings (SSSR count). The van der Waals surface area contributed by atoms with E-state index in [9.17, 15) is 19.4 Å². The molecule has 0 saturated heterocycles. The Morgan fingerprint density at radius 2 is 1.00 bits per heavy atom. The fourth-order valence-electron chi connectivity index (χ4n) is 6.05. The van der Waals surface area contributed by atoms with Crippen molar-refractivity contribution in [2.24, 2.45) is 0 Å². The molecule has 3 atom stereocenters. The molecule has 0 fully saturated rings. The van der Waals surface area contributed by atoms with Gasteiger partial charge in [0.25, 0.3) is 0 Å². The number of likely N-dealkylation sites (N-methyl/N-ethyl adjacent to an activating group) is 1. The number of phosphoric acid groups is 1. The third-order valence-electron chi connectivity index (χ3n) is 9.36. The van der Waals surface area contributed by atoms with E-state index in [1.54, 1.807) is 0 Å². The van der Waals surface area contributed by atoms with Gasteiger partial charge in [-0.15, -0.1) is 0 Å². The molecular weight excluding hydrogens is 623 g/mol. The summed E-state index contributed by atoms with van der Waals surface area (Å²) >= 11 is 0. The lowest BCUT2D eigenvalue weighted by atomic mass is 10.0. The van der Waals surface area contributed by atoms with Crippen LogP contribution in [0.1, 0.15) is 194 Å². The summed E-state index contributed by atoms with van der Waals surface area (Å²) in [6.45, 7) is 4.78. The number of carbonyl (C=O) groups excluding carboxylic acids is 1. The van der Waals surface area contributed by atoms with Crippen LogP contribution in [0.2, 0.25) is 0 Å². The zero-order valence-corrected chi connectivity index (χ0v) is 33.4. The zero-order valence-electron chi connectivity index (χ0n) is 32.5. The predicted octanol–water partition coefficient (Wildman–Crippen LogP) is 10.6. The number of hydrogen-bond acceptors (Lipinski definition) is 5. The van der Waals surface area contributed by atoms with Gasteiger partial charge in [0.15, 0.2) is 0 Å². The summed E-state index contributed by atoms with van der Waals surface area (Å²) in [5, 5.41) is 13.6. The van der Waals surface area contributed by atoms with Gasteiger partial charge < -0.3 is 19.8 Å². The summed E-state index contributed by atoms with van der Waals surface area (Å²) in [5.74, 6) is -0.150. The molecule has 0 heterocycles. The molecule has 0 aliphatic heterocycles. The second kappa shape index (κ2) is 32.4. The van der Waals surface area contributed by atoms with Crippen molar-refractivity contribution in [3.05, 3.63) is 0 Å². The Morgan fingerprint density at radius 1 is 0.625 bits per heavy atom. The third kappa shape index (κ3) is 34.0. The average molecular weight is 706 g/mol. The predicted molar refractivity (Wildman–Crippen MR) is 203 cm³/mol. The van der Waals surface area contributed by atoms with Gasteiger partial charge in [-0.1, -0.05) is 174 Å². The number of phosphoric ester groups is 1. The molecule has 1 amide bonds. The smallest absolute Gasteiger partial charge is 0.391 e. The molecule has 0 bridgehead atoms. The molecule has 0 aromatic heterocycles. The van der Waals surface area contributed by atoms with E-state index in [1.165, 1.54) is 122 Å². The minimum atomic E-state index is -4.28. The van der Waals surface area contributed by atoms with Gasteiger partial charge in [0, 0.05) is 6.42 Å². The van der Waals surface area contributed by atoms with Gasteiger partial charge in [0.1, 0.15) is 13.2 Å². The number of quaternary nitrogens is 1. The number of carbonyl (C=O) groups is 1. The standard InChI is InChI=1S/C39H81N2O6P/c1-6-8-10-12-13-14-15-16-17-18-19-20-21-22-23-24-25-26-27-28-29-31-33-39(43)40-37(38(42)32-30-11-9-7-2)36-47-48(44,45)46-35-34-41(3,4)5/h37-38,42H,6-36H2,1-5H3,(H-,40,43,44,45)/p+1. The number of nitrogens with one attached hydrogen (secondary N) is 1. The monoisotopic (exact) mass is 706 g/mol. The van der Waals surface area contributed by atoms with Crippen molar-refractivity contribution in [1.29, 1.82) is 0 Å². The van der Waals surface area contributed by atoms with Crippen molar-refractivity contribution in [1.82, 2.24) is 5.32 Å². The Hall–Kier alpha value is -0.500. The highest BCUT2D eigenvalue weighted by Crippen LogP contribution is 2.43. The first-order valence-electron chi connectivity index (χ1n) is 20.4. The van der Waals surface area contributed by atoms with Crippen LogP contribution >= 0.6 is 7.82 Å². The van der Waals surface area contributed by atoms with Crippen molar-refractivity contribution in [3.63, 3.8) is 0 Å². The molecule has 9 heteroatoms. The number of unbranched alkanes of at least 4 members (excludes halogenated alkanes) is 24. The fourth-order valence-corrected chi connectivity index (χ4v) is 6.78. The SMILES string of the molecule is CCCCCCCCCCCCCCCCCCCCCCCCC(=O)NC(COP(=O)(O)OCC[N+](C)(C)C)C(O)CCCCCC. The molecule has 288 valence electrons. The number of nitrogens with zero attached hydrogens (tertiary/aromatic N) is 1. The Labute approximate surface area is 298 Å². The second-order valence-corrected chi connectivity index (χ2v) is 16.8. The van der Waals surface area contributed by atoms with E-state index in [1.807, 2.05) is 21.1 Å². The first kappa shape index (κ1) is 47.5. The van der Waals surface area contributed by atoms with E-state index in [2.05, 4.69) is 19.2 Å². The van der Waals surface area contributed by atoms with Crippen molar-refractivity contribution < 1.29 is 32.9 Å². The number of hydrogen-bond donors (Lipinski definition) is 3. The van der Waals surface area contributed by atoms with Crippen LogP contribution < -0.4 is 5.32 Å². The Bertz CT molecular complexity index is 763. The van der Waals surface area contributed by atoms with Gasteiger partial charge in [-0.3, -0.25) is 13.8 Å². The van der Waals surface area contributed by atoms with Crippen LogP contribution in [0.5, 0.6) is 0 Å². The topological polar surface area (TPSA) is 105 Å². The average Bonchev–Trinajstić information content (AvgIpc) is 3.03. The summed E-state index contributed by atoms with van der Waals surface area (Å²) in [4.78, 5) is 22.8. The lowest BCUT2D eigenvalue weighted by Gasteiger charge is -2.26. The number of amides is 1. The van der Waals surface area contributed by atoms with Crippen molar-refractivity contribution >= 4 is 13.7 Å². The molecule has 0 radical (unpaired) electrons. The van der Waals surface area contributed by atoms with E-state index >= 15 is 0 Å². The first-order valence-corrected chi connectivity index (χ1v) is 21.9. The van der Waals surface area contributed by atoms with E-state index in [-0.39, 0.29) is 19.1 Å². The molecule has 0 aliphatic carbocycles. The molecule has 0 aromatic rings. The van der Waals surface area contributed by atoms with E-state index in [0.29, 0.717) is 23.9 Å². The van der Waals surface area contributed by atoms with E-state index in [4.69, 9.17) is 9.05 Å². The molecular formula is C39H82N2O6P+. The third-order valence-corrected chi connectivity index (χ3v) is 10.3. The van der Waals surface area contributed by atoms with Crippen LogP contribution in [0, 0.1) is 0 Å². The minimum Gasteiger partial charge on any atom is -0.391 e. The number of aliphatic hydroxyl groups is 1. The van der Waals surface area contributed by atoms with Crippen molar-refractivity contribution in [2.75, 3.05) is 40.9 Å². The molecule has 0 saturated carbocycles. The van der Waals surface area contributed by atoms with Gasteiger partial charge in [0.2, 0.25) is 5.91 Å². The maximum Gasteiger partial charge on any atom is 0.472 e. The number of aliphatic hydroxyl groups excluding tert-OH is 1. The lowest BCUT2D eigenvalue weighted by Crippen LogP contribution is -2.46. The second-order valence-electron chi connectivity index (χ2n) is 15.4. The van der Waals surface area contributed by atoms with Gasteiger partial charge in [-0.2, -0.15) is 0 Å². The summed E-state index contributed by atoms with van der Waals surface area (Å²) in [5.41, 5.74) is 0. The highest BCUT2D eigenvalue weighted by atomic mass is 31.2. The van der Waals surface area contributed by atoms with Gasteiger partial charge in [-0.25, -0.2) is 4.57 Å². The van der Waals surface area contributed by atoms with Crippen molar-refractivity contribution in [3.8, 4) is 0 Å². The minimum absolute atomic E-state index is 0.0768. The fraction of sp³-hybridized carbons (Fsp3) is 0.974. The molecule has 48 heavy (non-hydrogen) atoms. The van der Waals surface area contributed by atoms with Crippen LogP contribution in [-0.2, 0) is 18.4 Å². The quantitative estimate of drug-likeness (QED) is 0.0338. The molecule has 8 nitrogen and oxygen atoms in total. The van der Waals surface area contributed by atoms with E-state index in [0.717, 1.165) is 44.9 Å². The van der Waals surface area contributed by atoms with Crippen LogP contribution in [0.25, 0.3) is 0 Å². The summed E-state index contributed by atoms with van der Waals surface area (Å²) in [6.07, 6.45) is 33.3. The first-order chi connectivity index (χ1) is 23.0. The number of rotatable bonds is 37. The summed E-state index contributed by atoms with van der Waals surface area (Å²) < 4.78 is 23.3. The Balaban J connectivity index is 3.96. The molecule has 0 aromatic carbocycles. The maximum atomic E-state index is 12.7. The highest BCUT2D eigenvalue weighted by Gasteiger charge is 2.28. The molecule has 3 N–H and O–H groups in total. The Morgan fingerprint density at radius 3 is 1.40 bits per heavy atom. The lowest BCUT2D eigenvalue weighted by molar-refractivity contribution is -0.870. The van der Waals surface area contributed by atoms with Crippen LogP contribution in [0.3, 0.4) is 0 Å². The van der Waals surface area contributed by atoms with E-state index < -0.39 is 20.0 Å². The van der Waals surface area contributed by atoms with Gasteiger partial charge >= 0.3 is 7.82 Å². The summed E-state index contributed by atoms with van der Waals surface area (Å²) in [6, 6.07) is -0.749. The normalized spacial score (nSPS) is 14.6. The maximum absolute atomic E-state index is 12.7. The van der Waals surface area contributed by atoms with Crippen LogP contribution in [0.15, 0.2) is 0 Å². The summed E-state index contributed by atoms with van der Waals surface area (Å²) in [7, 11) is 1.62. The van der Waals surface area contributed by atoms with Gasteiger partial charge in [0.05, 0.1) is 39.9 Å². The highest BCUT2D eigenvalue weighted by molar-refractivity contribution is 7.47. The molecule has 0 aliphatic rings. The zero-order chi connectivity index (χ0) is 35.8.